The molecule has 0 aliphatic heterocycles. The fraction of sp³-hybridized carbons (Fsp3) is 0.208. The molecule has 1 amide bonds. The number of carbonyl (C=O) groups excluding carboxylic acids is 1. The third-order valence-electron chi connectivity index (χ3n) is 4.71. The first-order chi connectivity index (χ1) is 15.5. The molecule has 0 bridgehead atoms. The van der Waals surface area contributed by atoms with Crippen molar-refractivity contribution in [3.8, 4) is 11.5 Å². The lowest BCUT2D eigenvalue weighted by Gasteiger charge is -2.19. The summed E-state index contributed by atoms with van der Waals surface area (Å²) in [4.78, 5) is 23.9. The van der Waals surface area contributed by atoms with E-state index in [2.05, 4.69) is 4.98 Å². The minimum atomic E-state index is -0.215. The van der Waals surface area contributed by atoms with Crippen LogP contribution < -0.4 is 14.4 Å². The zero-order chi connectivity index (χ0) is 22.5. The zero-order valence-electron chi connectivity index (χ0n) is 17.7. The summed E-state index contributed by atoms with van der Waals surface area (Å²) < 4.78 is 12.1. The number of anilines is 1. The lowest BCUT2D eigenvalue weighted by molar-refractivity contribution is -0.120. The number of rotatable bonds is 8. The number of aryl methyl sites for hydroxylation is 1. The van der Waals surface area contributed by atoms with E-state index in [9.17, 15) is 4.79 Å². The summed E-state index contributed by atoms with van der Waals surface area (Å²) in [6.45, 7) is 4.64. The standard InChI is InChI=1S/C24H22ClN3O3S/c1-3-30-19-7-9-20(10-8-19)31-15-22(29)28(14-18-6-4-5-11-26-18)24-27-23-16(2)12-17(25)13-21(23)32-24/h4-13H,3,14-15H2,1-2H3. The Hall–Kier alpha value is -3.16. The summed E-state index contributed by atoms with van der Waals surface area (Å²) >= 11 is 7.63. The molecule has 4 aromatic rings. The molecule has 4 rings (SSSR count). The molecule has 2 aromatic heterocycles. The molecule has 0 atom stereocenters. The van der Waals surface area contributed by atoms with E-state index in [0.29, 0.717) is 29.1 Å². The third kappa shape index (κ3) is 5.18. The van der Waals surface area contributed by atoms with Gasteiger partial charge in [-0.05, 0) is 67.9 Å². The molecule has 0 spiro atoms. The van der Waals surface area contributed by atoms with Gasteiger partial charge in [0, 0.05) is 11.2 Å². The molecule has 2 heterocycles. The van der Waals surface area contributed by atoms with Crippen LogP contribution in [0.2, 0.25) is 5.02 Å². The second-order valence-electron chi connectivity index (χ2n) is 7.06. The molecule has 164 valence electrons. The van der Waals surface area contributed by atoms with E-state index in [-0.39, 0.29) is 12.5 Å². The number of carbonyl (C=O) groups is 1. The van der Waals surface area contributed by atoms with E-state index in [0.717, 1.165) is 27.2 Å². The summed E-state index contributed by atoms with van der Waals surface area (Å²) in [5.74, 6) is 1.13. The van der Waals surface area contributed by atoms with Crippen LogP contribution >= 0.6 is 22.9 Å². The quantitative estimate of drug-likeness (QED) is 0.334. The van der Waals surface area contributed by atoms with Crippen LogP contribution in [0.15, 0.2) is 60.8 Å². The predicted molar refractivity (Wildman–Crippen MR) is 128 cm³/mol. The van der Waals surface area contributed by atoms with Gasteiger partial charge in [0.15, 0.2) is 11.7 Å². The van der Waals surface area contributed by atoms with Gasteiger partial charge in [-0.3, -0.25) is 14.7 Å². The van der Waals surface area contributed by atoms with Crippen molar-refractivity contribution in [2.45, 2.75) is 20.4 Å². The van der Waals surface area contributed by atoms with Crippen LogP contribution in [0.1, 0.15) is 18.2 Å². The number of benzene rings is 2. The zero-order valence-corrected chi connectivity index (χ0v) is 19.3. The van der Waals surface area contributed by atoms with Crippen LogP contribution in [0.4, 0.5) is 5.13 Å². The Morgan fingerprint density at radius 3 is 2.53 bits per heavy atom. The summed E-state index contributed by atoms with van der Waals surface area (Å²) in [6, 6.07) is 16.5. The molecule has 0 fully saturated rings. The first kappa shape index (κ1) is 22.0. The third-order valence-corrected chi connectivity index (χ3v) is 5.96. The van der Waals surface area contributed by atoms with Crippen LogP contribution in [0.3, 0.4) is 0 Å². The maximum absolute atomic E-state index is 13.2. The fourth-order valence-corrected chi connectivity index (χ4v) is 4.63. The van der Waals surface area contributed by atoms with Gasteiger partial charge in [0.2, 0.25) is 0 Å². The molecular weight excluding hydrogens is 446 g/mol. The van der Waals surface area contributed by atoms with Gasteiger partial charge in [-0.15, -0.1) is 0 Å². The lowest BCUT2D eigenvalue weighted by Crippen LogP contribution is -2.34. The van der Waals surface area contributed by atoms with E-state index in [1.165, 1.54) is 11.3 Å². The summed E-state index contributed by atoms with van der Waals surface area (Å²) in [5, 5.41) is 1.22. The Morgan fingerprint density at radius 1 is 1.09 bits per heavy atom. The van der Waals surface area contributed by atoms with Crippen LogP contribution in [0, 0.1) is 6.92 Å². The fourth-order valence-electron chi connectivity index (χ4n) is 3.20. The Balaban J connectivity index is 1.57. The van der Waals surface area contributed by atoms with E-state index >= 15 is 0 Å². The number of halogens is 1. The average molecular weight is 468 g/mol. The second kappa shape index (κ2) is 9.97. The number of hydrogen-bond donors (Lipinski definition) is 0. The topological polar surface area (TPSA) is 64.6 Å². The van der Waals surface area contributed by atoms with Crippen molar-refractivity contribution >= 4 is 44.2 Å². The van der Waals surface area contributed by atoms with Crippen molar-refractivity contribution in [1.29, 1.82) is 0 Å². The van der Waals surface area contributed by atoms with E-state index in [4.69, 9.17) is 26.1 Å². The number of nitrogens with zero attached hydrogens (tertiary/aromatic N) is 3. The molecule has 0 radical (unpaired) electrons. The van der Waals surface area contributed by atoms with E-state index < -0.39 is 0 Å². The van der Waals surface area contributed by atoms with Gasteiger partial charge in [-0.25, -0.2) is 4.98 Å². The van der Waals surface area contributed by atoms with Gasteiger partial charge in [0.25, 0.3) is 5.91 Å². The monoisotopic (exact) mass is 467 g/mol. The highest BCUT2D eigenvalue weighted by atomic mass is 35.5. The highest BCUT2D eigenvalue weighted by Gasteiger charge is 2.22. The number of ether oxygens (including phenoxy) is 2. The van der Waals surface area contributed by atoms with Crippen molar-refractivity contribution in [3.63, 3.8) is 0 Å². The van der Waals surface area contributed by atoms with Crippen molar-refractivity contribution in [2.75, 3.05) is 18.1 Å². The molecule has 0 saturated carbocycles. The minimum absolute atomic E-state index is 0.128. The molecule has 0 aliphatic rings. The number of thiazole rings is 1. The predicted octanol–water partition coefficient (Wildman–Crippen LogP) is 5.66. The van der Waals surface area contributed by atoms with Gasteiger partial charge in [-0.2, -0.15) is 0 Å². The number of fused-ring (bicyclic) bond motifs is 1. The summed E-state index contributed by atoms with van der Waals surface area (Å²) in [6.07, 6.45) is 1.71. The van der Waals surface area contributed by atoms with Crippen LogP contribution in [0.5, 0.6) is 11.5 Å². The Labute approximate surface area is 195 Å². The maximum atomic E-state index is 13.2. The van der Waals surface area contributed by atoms with Crippen molar-refractivity contribution < 1.29 is 14.3 Å². The second-order valence-corrected chi connectivity index (χ2v) is 8.51. The number of pyridine rings is 1. The normalized spacial score (nSPS) is 10.8. The van der Waals surface area contributed by atoms with Crippen LogP contribution in [0.25, 0.3) is 10.2 Å². The SMILES string of the molecule is CCOc1ccc(OCC(=O)N(Cc2ccccn2)c2nc3c(C)cc(Cl)cc3s2)cc1. The molecule has 0 N–H and O–H groups in total. The maximum Gasteiger partial charge on any atom is 0.267 e. The number of hydrogen-bond acceptors (Lipinski definition) is 6. The molecule has 0 aliphatic carbocycles. The first-order valence-corrected chi connectivity index (χ1v) is 11.4. The summed E-state index contributed by atoms with van der Waals surface area (Å²) in [5.41, 5.74) is 2.56. The first-order valence-electron chi connectivity index (χ1n) is 10.2. The molecule has 32 heavy (non-hydrogen) atoms. The smallest absolute Gasteiger partial charge is 0.267 e. The average Bonchev–Trinajstić information content (AvgIpc) is 3.22. The number of amides is 1. The Morgan fingerprint density at radius 2 is 1.84 bits per heavy atom. The van der Waals surface area contributed by atoms with Gasteiger partial charge in [0.1, 0.15) is 11.5 Å². The van der Waals surface area contributed by atoms with Crippen molar-refractivity contribution in [2.24, 2.45) is 0 Å². The largest absolute Gasteiger partial charge is 0.494 e. The van der Waals surface area contributed by atoms with Crippen LogP contribution in [-0.2, 0) is 11.3 Å². The van der Waals surface area contributed by atoms with E-state index in [1.54, 1.807) is 23.2 Å². The van der Waals surface area contributed by atoms with Gasteiger partial charge in [0.05, 0.1) is 29.1 Å². The summed E-state index contributed by atoms with van der Waals surface area (Å²) in [7, 11) is 0. The van der Waals surface area contributed by atoms with Gasteiger partial charge >= 0.3 is 0 Å². The lowest BCUT2D eigenvalue weighted by atomic mass is 10.2. The van der Waals surface area contributed by atoms with E-state index in [1.807, 2.05) is 56.3 Å². The van der Waals surface area contributed by atoms with Gasteiger partial charge < -0.3 is 9.47 Å². The molecule has 0 unspecified atom stereocenters. The Kier molecular flexibility index (Phi) is 6.87. The highest BCUT2D eigenvalue weighted by molar-refractivity contribution is 7.22. The van der Waals surface area contributed by atoms with Crippen molar-refractivity contribution in [1.82, 2.24) is 9.97 Å². The van der Waals surface area contributed by atoms with Crippen molar-refractivity contribution in [3.05, 3.63) is 77.1 Å². The molecule has 6 nitrogen and oxygen atoms in total. The van der Waals surface area contributed by atoms with Gasteiger partial charge in [-0.1, -0.05) is 29.0 Å². The highest BCUT2D eigenvalue weighted by Crippen LogP contribution is 2.33. The number of aromatic nitrogens is 2. The Bertz CT molecular complexity index is 1210. The molecule has 8 heteroatoms. The molecular formula is C24H22ClN3O3S. The van der Waals surface area contributed by atoms with Crippen LogP contribution in [-0.4, -0.2) is 29.1 Å². The minimum Gasteiger partial charge on any atom is -0.494 e. The molecule has 2 aromatic carbocycles. The molecule has 0 saturated heterocycles.